The van der Waals surface area contributed by atoms with E-state index in [0.29, 0.717) is 31.5 Å². The second kappa shape index (κ2) is 21.9. The molecule has 0 aliphatic carbocycles. The van der Waals surface area contributed by atoms with Crippen LogP contribution in [-0.4, -0.2) is 87.1 Å². The number of aromatic amines is 2. The van der Waals surface area contributed by atoms with Crippen LogP contribution in [0.25, 0.3) is 22.3 Å². The van der Waals surface area contributed by atoms with Crippen LogP contribution >= 0.6 is 67.5 Å². The van der Waals surface area contributed by atoms with E-state index in [1.165, 1.54) is 7.11 Å². The molecule has 324 valence electrons. The number of likely N-dealkylation sites (tertiary alicyclic amines) is 2. The fourth-order valence-electron chi connectivity index (χ4n) is 8.00. The third-order valence-corrected chi connectivity index (χ3v) is 11.6. The van der Waals surface area contributed by atoms with Gasteiger partial charge < -0.3 is 34.6 Å². The number of alkyl carbamates (subject to hydrolysis) is 1. The zero-order valence-electron chi connectivity index (χ0n) is 34.6. The molecule has 12 nitrogen and oxygen atoms in total. The first-order valence-electron chi connectivity index (χ1n) is 19.2. The Kier molecular flexibility index (Phi) is 19.2. The molecule has 4 aromatic rings. The van der Waals surface area contributed by atoms with Gasteiger partial charge in [-0.3, -0.25) is 9.59 Å². The van der Waals surface area contributed by atoms with Crippen molar-refractivity contribution in [2.45, 2.75) is 78.4 Å². The summed E-state index contributed by atoms with van der Waals surface area (Å²) in [5, 5.41) is 2.74. The van der Waals surface area contributed by atoms with Crippen molar-refractivity contribution >= 4 is 96.4 Å². The first kappa shape index (κ1) is 51.7. The maximum atomic E-state index is 14.0. The fraction of sp³-hybridized carbons (Fsp3) is 0.500. The van der Waals surface area contributed by atoms with Gasteiger partial charge >= 0.3 is 6.09 Å². The molecule has 3 aliphatic rings. The summed E-state index contributed by atoms with van der Waals surface area (Å²) in [6.07, 6.45) is 4.70. The average Bonchev–Trinajstić information content (AvgIpc) is 4.02. The molecule has 17 heteroatoms. The number of benzene rings is 2. The lowest BCUT2D eigenvalue weighted by Crippen LogP contribution is -2.51. The Balaban J connectivity index is 0.00000240. The summed E-state index contributed by atoms with van der Waals surface area (Å²) in [5.74, 6) is 8.32. The average molecular weight is 904 g/mol. The topological polar surface area (TPSA) is 146 Å². The van der Waals surface area contributed by atoms with Gasteiger partial charge in [0.25, 0.3) is 0 Å². The summed E-state index contributed by atoms with van der Waals surface area (Å²) in [6, 6.07) is 12.9. The molecule has 0 unspecified atom stereocenters. The first-order chi connectivity index (χ1) is 25.9. The van der Waals surface area contributed by atoms with Crippen molar-refractivity contribution in [3.05, 3.63) is 71.4 Å². The number of rotatable bonds is 8. The number of amides is 3. The Morgan fingerprint density at radius 3 is 2.22 bits per heavy atom. The number of fused-ring (bicyclic) bond motifs is 1. The van der Waals surface area contributed by atoms with Gasteiger partial charge in [-0.15, -0.1) is 0 Å². The summed E-state index contributed by atoms with van der Waals surface area (Å²) >= 11 is 0. The van der Waals surface area contributed by atoms with Crippen LogP contribution in [0.2, 0.25) is 0 Å². The van der Waals surface area contributed by atoms with E-state index in [1.807, 2.05) is 79.2 Å². The fourth-order valence-corrected chi connectivity index (χ4v) is 8.00. The van der Waals surface area contributed by atoms with Gasteiger partial charge in [0.1, 0.15) is 17.7 Å². The molecule has 3 saturated heterocycles. The van der Waals surface area contributed by atoms with Crippen molar-refractivity contribution in [1.82, 2.24) is 35.1 Å². The van der Waals surface area contributed by atoms with Crippen LogP contribution in [-0.2, 0) is 19.1 Å². The second-order valence-electron chi connectivity index (χ2n) is 15.9. The standard InChI is InChI=1S/C42H51N7O5.5H2S/c1-25(2)27(5)39(50)48-18-7-8-34(48)37-43-22-33(46-37)30-14-11-28(12-15-30)9-10-29-13-16-31-32(20-29)45-38(44-31)35-21-42(17-19-54-24-42)23-49(35)40(51)36(26(3)4)47-41(52)53-6;;;;;/h11-16,20,22,25-27,34-36H,7-8,17-19,21,23-24H2,1-6H3,(H,43,46)(H,44,45)(H,47,52);5*1H2/t27-,34-,35-,36-,42+;;;;;/m0...../s1. The minimum Gasteiger partial charge on any atom is -0.453 e. The molecule has 7 rings (SSSR count). The van der Waals surface area contributed by atoms with Crippen LogP contribution in [0.3, 0.4) is 0 Å². The van der Waals surface area contributed by atoms with Crippen LogP contribution in [0.4, 0.5) is 4.79 Å². The van der Waals surface area contributed by atoms with Crippen molar-refractivity contribution in [3.63, 3.8) is 0 Å². The molecule has 2 aromatic heterocycles. The minimum atomic E-state index is -0.729. The lowest BCUT2D eigenvalue weighted by molar-refractivity contribution is -0.137. The third-order valence-electron chi connectivity index (χ3n) is 11.6. The zero-order chi connectivity index (χ0) is 38.1. The first-order valence-corrected chi connectivity index (χ1v) is 19.2. The number of nitrogens with zero attached hydrogens (tertiary/aromatic N) is 4. The van der Waals surface area contributed by atoms with Gasteiger partial charge in [0.2, 0.25) is 11.8 Å². The normalized spacial score (nSPS) is 20.3. The summed E-state index contributed by atoms with van der Waals surface area (Å²) in [6.45, 7) is 12.6. The highest BCUT2D eigenvalue weighted by Crippen LogP contribution is 2.48. The number of nitrogens with one attached hydrogen (secondary N) is 3. The van der Waals surface area contributed by atoms with Crippen LogP contribution < -0.4 is 5.32 Å². The Hall–Kier alpha value is -3.40. The highest BCUT2D eigenvalue weighted by atomic mass is 32.1. The van der Waals surface area contributed by atoms with E-state index >= 15 is 0 Å². The summed E-state index contributed by atoms with van der Waals surface area (Å²) in [4.78, 5) is 59.8. The Labute approximate surface area is 382 Å². The van der Waals surface area contributed by atoms with Gasteiger partial charge in [-0.2, -0.15) is 67.5 Å². The molecule has 3 aliphatic heterocycles. The number of methoxy groups -OCH3 is 1. The Morgan fingerprint density at radius 2 is 1.58 bits per heavy atom. The van der Waals surface area contributed by atoms with Gasteiger partial charge in [-0.1, -0.05) is 58.6 Å². The molecule has 59 heavy (non-hydrogen) atoms. The summed E-state index contributed by atoms with van der Waals surface area (Å²) in [5.41, 5.74) is 5.11. The van der Waals surface area contributed by atoms with E-state index in [2.05, 4.69) is 41.0 Å². The molecule has 0 radical (unpaired) electrons. The van der Waals surface area contributed by atoms with Gasteiger partial charge in [-0.05, 0) is 73.4 Å². The lowest BCUT2D eigenvalue weighted by Gasteiger charge is -2.30. The van der Waals surface area contributed by atoms with Crippen molar-refractivity contribution in [3.8, 4) is 23.1 Å². The molecule has 1 spiro atoms. The molecule has 5 heterocycles. The Morgan fingerprint density at radius 1 is 0.881 bits per heavy atom. The lowest BCUT2D eigenvalue weighted by atomic mass is 9.85. The van der Waals surface area contributed by atoms with Crippen LogP contribution in [0, 0.1) is 35.0 Å². The van der Waals surface area contributed by atoms with E-state index in [0.717, 1.165) is 71.5 Å². The van der Waals surface area contributed by atoms with Crippen molar-refractivity contribution in [2.75, 3.05) is 33.4 Å². The van der Waals surface area contributed by atoms with E-state index in [4.69, 9.17) is 19.4 Å². The number of H-pyrrole nitrogens is 2. The highest BCUT2D eigenvalue weighted by Gasteiger charge is 2.51. The molecule has 5 atom stereocenters. The Bertz CT molecular complexity index is 2090. The molecule has 2 aromatic carbocycles. The van der Waals surface area contributed by atoms with Crippen molar-refractivity contribution < 1.29 is 23.9 Å². The summed E-state index contributed by atoms with van der Waals surface area (Å²) < 4.78 is 10.6. The van der Waals surface area contributed by atoms with Gasteiger partial charge in [0.05, 0.1) is 48.7 Å². The quantitative estimate of drug-likeness (QED) is 0.163. The predicted octanol–water partition coefficient (Wildman–Crippen LogP) is 6.93. The molecular formula is C42H61N7O5S5. The smallest absolute Gasteiger partial charge is 0.407 e. The molecule has 3 N–H and O–H groups in total. The monoisotopic (exact) mass is 903 g/mol. The highest BCUT2D eigenvalue weighted by molar-refractivity contribution is 7.60. The SMILES string of the molecule is COC(=O)N[C@H](C(=O)N1C[C@@]2(CCOC2)C[C@H]1c1nc2ccc(C#Cc3ccc(-c4cnc([C@@H]5CCCN5C(=O)[C@@H](C)C(C)C)[nH]4)cc3)cc2[nH]1)C(C)C.S.S.S.S.S. The van der Waals surface area contributed by atoms with E-state index in [-0.39, 0.29) is 109 Å². The zero-order valence-corrected chi connectivity index (χ0v) is 39.6. The maximum absolute atomic E-state index is 14.0. The number of carbonyl (C=O) groups excluding carboxylic acids is 3. The van der Waals surface area contributed by atoms with Gasteiger partial charge in [0, 0.05) is 42.2 Å². The molecule has 3 fully saturated rings. The number of imidazole rings is 2. The molecular weight excluding hydrogens is 843 g/mol. The number of aromatic nitrogens is 4. The van der Waals surface area contributed by atoms with Crippen LogP contribution in [0.1, 0.15) is 95.2 Å². The number of hydrogen-bond acceptors (Lipinski definition) is 7. The van der Waals surface area contributed by atoms with Crippen molar-refractivity contribution in [1.29, 1.82) is 0 Å². The largest absolute Gasteiger partial charge is 0.453 e. The van der Waals surface area contributed by atoms with E-state index in [1.54, 1.807) is 0 Å². The maximum Gasteiger partial charge on any atom is 0.407 e. The molecule has 0 bridgehead atoms. The molecule has 3 amide bonds. The predicted molar refractivity (Wildman–Crippen MR) is 257 cm³/mol. The minimum absolute atomic E-state index is 0. The van der Waals surface area contributed by atoms with E-state index < -0.39 is 12.1 Å². The van der Waals surface area contributed by atoms with Gasteiger partial charge in [0.15, 0.2) is 0 Å². The number of hydrogen-bond donors (Lipinski definition) is 3. The van der Waals surface area contributed by atoms with Crippen LogP contribution in [0.5, 0.6) is 0 Å². The third kappa shape index (κ3) is 11.1. The van der Waals surface area contributed by atoms with Crippen LogP contribution in [0.15, 0.2) is 48.7 Å². The summed E-state index contributed by atoms with van der Waals surface area (Å²) in [7, 11) is 1.30. The number of ether oxygens (including phenoxy) is 2. The van der Waals surface area contributed by atoms with Gasteiger partial charge in [-0.25, -0.2) is 14.8 Å². The van der Waals surface area contributed by atoms with E-state index in [9.17, 15) is 14.4 Å². The second-order valence-corrected chi connectivity index (χ2v) is 15.9. The van der Waals surface area contributed by atoms with Crippen molar-refractivity contribution in [2.24, 2.45) is 23.2 Å². The molecule has 0 saturated carbocycles. The number of carbonyl (C=O) groups is 3.